The van der Waals surface area contributed by atoms with Crippen LogP contribution in [0.5, 0.6) is 5.75 Å². The van der Waals surface area contributed by atoms with E-state index < -0.39 is 6.10 Å². The summed E-state index contributed by atoms with van der Waals surface area (Å²) < 4.78 is 5.10. The highest BCUT2D eigenvalue weighted by Crippen LogP contribution is 2.35. The molecule has 0 heterocycles. The number of hydrogen-bond donors (Lipinski definition) is 1. The molecule has 1 aliphatic rings. The Balaban J connectivity index is 2.41. The number of nitriles is 1. The Morgan fingerprint density at radius 2 is 2.33 bits per heavy atom. The summed E-state index contributed by atoms with van der Waals surface area (Å²) in [6.45, 7) is 0. The van der Waals surface area contributed by atoms with Crippen LogP contribution in [0.1, 0.15) is 23.7 Å². The highest BCUT2D eigenvalue weighted by Gasteiger charge is 2.27. The molecule has 0 aromatic heterocycles. The lowest BCUT2D eigenvalue weighted by molar-refractivity contribution is 0.121. The normalized spacial score (nSPS) is 24.1. The zero-order chi connectivity index (χ0) is 10.8. The number of methoxy groups -OCH3 is 1. The van der Waals surface area contributed by atoms with Gasteiger partial charge in [0.1, 0.15) is 5.75 Å². The van der Waals surface area contributed by atoms with Gasteiger partial charge in [-0.1, -0.05) is 6.07 Å². The second-order valence-electron chi connectivity index (χ2n) is 3.78. The minimum absolute atomic E-state index is 0.287. The molecule has 0 radical (unpaired) electrons. The lowest BCUT2D eigenvalue weighted by atomic mass is 9.82. The van der Waals surface area contributed by atoms with E-state index in [4.69, 9.17) is 10.00 Å². The Morgan fingerprint density at radius 1 is 1.53 bits per heavy atom. The molecule has 2 rings (SSSR count). The highest BCUT2D eigenvalue weighted by molar-refractivity contribution is 5.39. The second kappa shape index (κ2) is 3.92. The van der Waals surface area contributed by atoms with E-state index in [-0.39, 0.29) is 5.92 Å². The number of fused-ring (bicyclic) bond motifs is 1. The van der Waals surface area contributed by atoms with Gasteiger partial charge in [0, 0.05) is 0 Å². The van der Waals surface area contributed by atoms with Gasteiger partial charge in [0.05, 0.1) is 25.2 Å². The molecule has 2 unspecified atom stereocenters. The summed E-state index contributed by atoms with van der Waals surface area (Å²) in [5, 5.41) is 18.8. The number of aliphatic hydroxyl groups excluding tert-OH is 1. The zero-order valence-electron chi connectivity index (χ0n) is 8.60. The topological polar surface area (TPSA) is 53.2 Å². The van der Waals surface area contributed by atoms with Crippen LogP contribution in [0.3, 0.4) is 0 Å². The first-order chi connectivity index (χ1) is 7.26. The third-order valence-corrected chi connectivity index (χ3v) is 2.94. The predicted molar refractivity (Wildman–Crippen MR) is 55.4 cm³/mol. The van der Waals surface area contributed by atoms with Gasteiger partial charge in [-0.25, -0.2) is 0 Å². The van der Waals surface area contributed by atoms with Gasteiger partial charge in [-0.05, 0) is 36.1 Å². The molecule has 1 aromatic carbocycles. The van der Waals surface area contributed by atoms with Crippen LogP contribution in [0.4, 0.5) is 0 Å². The van der Waals surface area contributed by atoms with Crippen LogP contribution in [0, 0.1) is 17.2 Å². The molecule has 3 nitrogen and oxygen atoms in total. The Labute approximate surface area is 88.9 Å². The Morgan fingerprint density at radius 3 is 3.00 bits per heavy atom. The quantitative estimate of drug-likeness (QED) is 0.757. The summed E-state index contributed by atoms with van der Waals surface area (Å²) in [4.78, 5) is 0. The second-order valence-corrected chi connectivity index (χ2v) is 3.78. The summed E-state index contributed by atoms with van der Waals surface area (Å²) in [5.74, 6) is 0.441. The van der Waals surface area contributed by atoms with Crippen LogP contribution < -0.4 is 4.74 Å². The molecule has 15 heavy (non-hydrogen) atoms. The van der Waals surface area contributed by atoms with Gasteiger partial charge in [-0.15, -0.1) is 0 Å². The molecule has 1 aliphatic carbocycles. The van der Waals surface area contributed by atoms with Crippen molar-refractivity contribution in [3.8, 4) is 11.8 Å². The van der Waals surface area contributed by atoms with Gasteiger partial charge in [-0.2, -0.15) is 5.26 Å². The standard InChI is InChI=1S/C12H13NO2/c1-15-10-5-4-8-2-3-9(7-13)12(14)11(8)6-10/h4-6,9,12,14H,2-3H2,1H3. The number of ether oxygens (including phenoxy) is 1. The van der Waals surface area contributed by atoms with Crippen molar-refractivity contribution < 1.29 is 9.84 Å². The summed E-state index contributed by atoms with van der Waals surface area (Å²) in [6.07, 6.45) is 0.917. The van der Waals surface area contributed by atoms with E-state index in [0.717, 1.165) is 29.7 Å². The SMILES string of the molecule is COc1ccc2c(c1)C(O)C(C#N)CC2. The highest BCUT2D eigenvalue weighted by atomic mass is 16.5. The van der Waals surface area contributed by atoms with E-state index in [1.807, 2.05) is 18.2 Å². The van der Waals surface area contributed by atoms with E-state index in [9.17, 15) is 5.11 Å². The number of aryl methyl sites for hydroxylation is 1. The van der Waals surface area contributed by atoms with E-state index in [2.05, 4.69) is 6.07 Å². The average molecular weight is 203 g/mol. The molecule has 0 spiro atoms. The van der Waals surface area contributed by atoms with Gasteiger partial charge in [0.25, 0.3) is 0 Å². The maximum atomic E-state index is 9.96. The zero-order valence-corrected chi connectivity index (χ0v) is 8.60. The first-order valence-corrected chi connectivity index (χ1v) is 5.00. The average Bonchev–Trinajstić information content (AvgIpc) is 2.29. The van der Waals surface area contributed by atoms with Crippen LogP contribution in [0.2, 0.25) is 0 Å². The van der Waals surface area contributed by atoms with Gasteiger partial charge >= 0.3 is 0 Å². The molecule has 0 saturated carbocycles. The number of benzene rings is 1. The molecule has 1 N–H and O–H groups in total. The van der Waals surface area contributed by atoms with Gasteiger partial charge in [-0.3, -0.25) is 0 Å². The van der Waals surface area contributed by atoms with Crippen molar-refractivity contribution in [2.75, 3.05) is 7.11 Å². The summed E-state index contributed by atoms with van der Waals surface area (Å²) in [7, 11) is 1.60. The first kappa shape index (κ1) is 10.0. The van der Waals surface area contributed by atoms with Crippen LogP contribution >= 0.6 is 0 Å². The van der Waals surface area contributed by atoms with E-state index in [1.54, 1.807) is 7.11 Å². The molecule has 0 fully saturated rings. The molecule has 3 heteroatoms. The molecular weight excluding hydrogens is 190 g/mol. The van der Waals surface area contributed by atoms with Crippen LogP contribution in [0.15, 0.2) is 18.2 Å². The van der Waals surface area contributed by atoms with Crippen molar-refractivity contribution in [3.63, 3.8) is 0 Å². The van der Waals surface area contributed by atoms with Crippen LogP contribution in [0.25, 0.3) is 0 Å². The van der Waals surface area contributed by atoms with Crippen molar-refractivity contribution in [3.05, 3.63) is 29.3 Å². The van der Waals surface area contributed by atoms with Crippen LogP contribution in [-0.4, -0.2) is 12.2 Å². The molecule has 0 aliphatic heterocycles. The molecular formula is C12H13NO2. The number of hydrogen-bond acceptors (Lipinski definition) is 3. The molecule has 0 amide bonds. The largest absolute Gasteiger partial charge is 0.497 e. The Hall–Kier alpha value is -1.53. The first-order valence-electron chi connectivity index (χ1n) is 5.00. The minimum Gasteiger partial charge on any atom is -0.497 e. The van der Waals surface area contributed by atoms with Crippen molar-refractivity contribution in [2.24, 2.45) is 5.92 Å². The lowest BCUT2D eigenvalue weighted by Crippen LogP contribution is -2.19. The van der Waals surface area contributed by atoms with E-state index in [0.29, 0.717) is 0 Å². The summed E-state index contributed by atoms with van der Waals surface area (Å²) >= 11 is 0. The van der Waals surface area contributed by atoms with Gasteiger partial charge < -0.3 is 9.84 Å². The Bertz CT molecular complexity index is 409. The maximum absolute atomic E-state index is 9.96. The van der Waals surface area contributed by atoms with Gasteiger partial charge in [0.15, 0.2) is 0 Å². The van der Waals surface area contributed by atoms with Crippen molar-refractivity contribution in [1.29, 1.82) is 5.26 Å². The monoisotopic (exact) mass is 203 g/mol. The number of nitrogens with zero attached hydrogens (tertiary/aromatic N) is 1. The third-order valence-electron chi connectivity index (χ3n) is 2.94. The number of rotatable bonds is 1. The molecule has 0 bridgehead atoms. The molecule has 1 aromatic rings. The van der Waals surface area contributed by atoms with E-state index in [1.165, 1.54) is 0 Å². The smallest absolute Gasteiger partial charge is 0.119 e. The lowest BCUT2D eigenvalue weighted by Gasteiger charge is -2.25. The molecule has 2 atom stereocenters. The van der Waals surface area contributed by atoms with Gasteiger partial charge in [0.2, 0.25) is 0 Å². The third kappa shape index (κ3) is 1.69. The predicted octanol–water partition coefficient (Wildman–Crippen LogP) is 1.81. The van der Waals surface area contributed by atoms with Crippen molar-refractivity contribution >= 4 is 0 Å². The Kier molecular flexibility index (Phi) is 2.61. The summed E-state index contributed by atoms with van der Waals surface area (Å²) in [6, 6.07) is 7.81. The van der Waals surface area contributed by atoms with Crippen molar-refractivity contribution in [1.82, 2.24) is 0 Å². The fourth-order valence-electron chi connectivity index (χ4n) is 2.02. The fourth-order valence-corrected chi connectivity index (χ4v) is 2.02. The van der Waals surface area contributed by atoms with E-state index >= 15 is 0 Å². The fraction of sp³-hybridized carbons (Fsp3) is 0.417. The van der Waals surface area contributed by atoms with Crippen molar-refractivity contribution in [2.45, 2.75) is 18.9 Å². The maximum Gasteiger partial charge on any atom is 0.119 e. The van der Waals surface area contributed by atoms with Crippen LogP contribution in [-0.2, 0) is 6.42 Å². The molecule has 78 valence electrons. The minimum atomic E-state index is -0.672. The summed E-state index contributed by atoms with van der Waals surface area (Å²) in [5.41, 5.74) is 1.96. The number of aliphatic hydroxyl groups is 1. The molecule has 0 saturated heterocycles.